The molecule has 8 heteroatoms. The van der Waals surface area contributed by atoms with Crippen molar-refractivity contribution in [2.24, 2.45) is 0 Å². The molecule has 3 rings (SSSR count). The summed E-state index contributed by atoms with van der Waals surface area (Å²) < 4.78 is 38.5. The van der Waals surface area contributed by atoms with Crippen LogP contribution in [0.4, 0.5) is 24.7 Å². The van der Waals surface area contributed by atoms with Crippen LogP contribution in [0.1, 0.15) is 27.0 Å². The van der Waals surface area contributed by atoms with Crippen molar-refractivity contribution >= 4 is 29.4 Å². The Morgan fingerprint density at radius 3 is 2.47 bits per heavy atom. The van der Waals surface area contributed by atoms with Crippen LogP contribution in [0.2, 0.25) is 0 Å². The Hall–Kier alpha value is -4.38. The molecule has 0 aliphatic rings. The highest BCUT2D eigenvalue weighted by Gasteiger charge is 2.30. The van der Waals surface area contributed by atoms with Crippen molar-refractivity contribution in [2.45, 2.75) is 6.18 Å². The number of amides is 2. The molecule has 1 heterocycles. The number of benzene rings is 2. The molecular formula is C24H16F3N3O2. The van der Waals surface area contributed by atoms with Gasteiger partial charge in [-0.15, -0.1) is 6.42 Å². The quantitative estimate of drug-likeness (QED) is 0.438. The molecule has 0 bridgehead atoms. The van der Waals surface area contributed by atoms with Crippen LogP contribution >= 0.6 is 0 Å². The first-order chi connectivity index (χ1) is 15.2. The van der Waals surface area contributed by atoms with Crippen LogP contribution in [0, 0.1) is 12.3 Å². The van der Waals surface area contributed by atoms with Gasteiger partial charge in [0.1, 0.15) is 5.82 Å². The second kappa shape index (κ2) is 9.62. The van der Waals surface area contributed by atoms with E-state index in [1.165, 1.54) is 42.6 Å². The lowest BCUT2D eigenvalue weighted by atomic mass is 10.1. The van der Waals surface area contributed by atoms with Gasteiger partial charge < -0.3 is 10.6 Å². The molecule has 0 atom stereocenters. The lowest BCUT2D eigenvalue weighted by Crippen LogP contribution is -2.13. The summed E-state index contributed by atoms with van der Waals surface area (Å²) >= 11 is 0. The zero-order valence-electron chi connectivity index (χ0n) is 16.5. The van der Waals surface area contributed by atoms with Gasteiger partial charge in [0.25, 0.3) is 5.91 Å². The van der Waals surface area contributed by atoms with Crippen LogP contribution in [0.25, 0.3) is 6.08 Å². The summed E-state index contributed by atoms with van der Waals surface area (Å²) in [6.07, 6.45) is 4.95. The Labute approximate surface area is 182 Å². The smallest absolute Gasteiger partial charge is 0.322 e. The van der Waals surface area contributed by atoms with Gasteiger partial charge in [-0.05, 0) is 54.1 Å². The maximum atomic E-state index is 12.8. The van der Waals surface area contributed by atoms with Gasteiger partial charge in [0.15, 0.2) is 0 Å². The first-order valence-electron chi connectivity index (χ1n) is 9.25. The molecule has 0 aliphatic carbocycles. The van der Waals surface area contributed by atoms with E-state index in [4.69, 9.17) is 6.42 Å². The Balaban J connectivity index is 1.66. The molecule has 1 aromatic heterocycles. The van der Waals surface area contributed by atoms with E-state index in [2.05, 4.69) is 21.5 Å². The maximum absolute atomic E-state index is 12.8. The van der Waals surface area contributed by atoms with Crippen molar-refractivity contribution in [3.63, 3.8) is 0 Å². The number of nitrogens with zero attached hydrogens (tertiary/aromatic N) is 1. The predicted molar refractivity (Wildman–Crippen MR) is 116 cm³/mol. The second-order valence-corrected chi connectivity index (χ2v) is 6.56. The normalized spacial score (nSPS) is 11.1. The van der Waals surface area contributed by atoms with Crippen molar-refractivity contribution in [3.05, 3.63) is 95.2 Å². The molecule has 2 aromatic carbocycles. The molecule has 32 heavy (non-hydrogen) atoms. The van der Waals surface area contributed by atoms with Crippen LogP contribution in [0.15, 0.2) is 72.9 Å². The Morgan fingerprint density at radius 1 is 1.00 bits per heavy atom. The van der Waals surface area contributed by atoms with Crippen molar-refractivity contribution in [3.8, 4) is 12.3 Å². The van der Waals surface area contributed by atoms with Crippen molar-refractivity contribution < 1.29 is 22.8 Å². The summed E-state index contributed by atoms with van der Waals surface area (Å²) in [5.41, 5.74) is 0.512. The standard InChI is InChI=1S/C24H16F3N3O2/c1-2-16-9-11-21(28-15-16)30-22(31)12-10-17-5-3-6-18(13-17)23(32)29-20-8-4-7-19(14-20)24(25,26)27/h1,3-15H,(H,29,32)(H,28,30,31). The average Bonchev–Trinajstić information content (AvgIpc) is 2.78. The predicted octanol–water partition coefficient (Wildman–Crippen LogP) is 4.99. The van der Waals surface area contributed by atoms with Crippen LogP contribution in [0.3, 0.4) is 0 Å². The second-order valence-electron chi connectivity index (χ2n) is 6.56. The fraction of sp³-hybridized carbons (Fsp3) is 0.0417. The number of alkyl halides is 3. The molecule has 0 saturated heterocycles. The maximum Gasteiger partial charge on any atom is 0.416 e. The molecule has 0 fully saturated rings. The van der Waals surface area contributed by atoms with Gasteiger partial charge in [0, 0.05) is 29.1 Å². The van der Waals surface area contributed by atoms with E-state index in [0.717, 1.165) is 12.1 Å². The highest BCUT2D eigenvalue weighted by molar-refractivity contribution is 6.05. The largest absolute Gasteiger partial charge is 0.416 e. The van der Waals surface area contributed by atoms with E-state index < -0.39 is 23.6 Å². The number of aromatic nitrogens is 1. The van der Waals surface area contributed by atoms with E-state index in [0.29, 0.717) is 16.9 Å². The fourth-order valence-corrected chi connectivity index (χ4v) is 2.65. The minimum absolute atomic E-state index is 0.0218. The lowest BCUT2D eigenvalue weighted by molar-refractivity contribution is -0.137. The first-order valence-corrected chi connectivity index (χ1v) is 9.25. The summed E-state index contributed by atoms with van der Waals surface area (Å²) in [5.74, 6) is 1.73. The third-order valence-corrected chi connectivity index (χ3v) is 4.21. The van der Waals surface area contributed by atoms with Gasteiger partial charge in [-0.25, -0.2) is 4.98 Å². The topological polar surface area (TPSA) is 71.1 Å². The molecule has 3 aromatic rings. The molecule has 2 amide bonds. The number of rotatable bonds is 5. The van der Waals surface area contributed by atoms with E-state index in [1.807, 2.05) is 0 Å². The number of terminal acetylenes is 1. The summed E-state index contributed by atoms with van der Waals surface area (Å²) in [5, 5.41) is 5.01. The van der Waals surface area contributed by atoms with Gasteiger partial charge in [-0.3, -0.25) is 9.59 Å². The molecule has 0 radical (unpaired) electrons. The number of anilines is 2. The summed E-state index contributed by atoms with van der Waals surface area (Å²) in [7, 11) is 0. The molecule has 0 unspecified atom stereocenters. The third-order valence-electron chi connectivity index (χ3n) is 4.21. The van der Waals surface area contributed by atoms with Gasteiger partial charge in [-0.2, -0.15) is 13.2 Å². The van der Waals surface area contributed by atoms with E-state index in [9.17, 15) is 22.8 Å². The zero-order chi connectivity index (χ0) is 23.1. The molecular weight excluding hydrogens is 419 g/mol. The van der Waals surface area contributed by atoms with Crippen molar-refractivity contribution in [2.75, 3.05) is 10.6 Å². The Bertz CT molecular complexity index is 1210. The van der Waals surface area contributed by atoms with Gasteiger partial charge in [0.2, 0.25) is 5.91 Å². The monoisotopic (exact) mass is 435 g/mol. The average molecular weight is 435 g/mol. The highest BCUT2D eigenvalue weighted by Crippen LogP contribution is 2.30. The number of halogens is 3. The molecule has 0 saturated carbocycles. The summed E-state index contributed by atoms with van der Waals surface area (Å²) in [4.78, 5) is 28.5. The first kappa shape index (κ1) is 22.3. The number of hydrogen-bond donors (Lipinski definition) is 2. The Kier molecular flexibility index (Phi) is 6.71. The number of carbonyl (C=O) groups excluding carboxylic acids is 2. The molecule has 0 aliphatic heterocycles. The van der Waals surface area contributed by atoms with E-state index in [1.54, 1.807) is 24.3 Å². The Morgan fingerprint density at radius 2 is 1.78 bits per heavy atom. The van der Waals surface area contributed by atoms with Crippen LogP contribution in [-0.4, -0.2) is 16.8 Å². The molecule has 160 valence electrons. The van der Waals surface area contributed by atoms with Crippen LogP contribution in [0.5, 0.6) is 0 Å². The van der Waals surface area contributed by atoms with Crippen LogP contribution < -0.4 is 10.6 Å². The number of carbonyl (C=O) groups is 2. The van der Waals surface area contributed by atoms with E-state index in [-0.39, 0.29) is 11.3 Å². The molecule has 5 nitrogen and oxygen atoms in total. The van der Waals surface area contributed by atoms with Gasteiger partial charge in [0.05, 0.1) is 5.56 Å². The van der Waals surface area contributed by atoms with Crippen molar-refractivity contribution in [1.82, 2.24) is 4.98 Å². The third kappa shape index (κ3) is 6.06. The van der Waals surface area contributed by atoms with Gasteiger partial charge >= 0.3 is 6.18 Å². The number of nitrogens with one attached hydrogen (secondary N) is 2. The van der Waals surface area contributed by atoms with Crippen LogP contribution in [-0.2, 0) is 11.0 Å². The fourth-order valence-electron chi connectivity index (χ4n) is 2.65. The van der Waals surface area contributed by atoms with Crippen molar-refractivity contribution in [1.29, 1.82) is 0 Å². The number of hydrogen-bond acceptors (Lipinski definition) is 3. The minimum atomic E-state index is -4.51. The molecule has 0 spiro atoms. The minimum Gasteiger partial charge on any atom is -0.322 e. The highest BCUT2D eigenvalue weighted by atomic mass is 19.4. The van der Waals surface area contributed by atoms with Gasteiger partial charge in [-0.1, -0.05) is 24.1 Å². The summed E-state index contributed by atoms with van der Waals surface area (Å²) in [6.45, 7) is 0. The summed E-state index contributed by atoms with van der Waals surface area (Å²) in [6, 6.07) is 13.9. The SMILES string of the molecule is C#Cc1ccc(NC(=O)C=Cc2cccc(C(=O)Nc3cccc(C(F)(F)F)c3)c2)nc1. The number of pyridine rings is 1. The molecule has 2 N–H and O–H groups in total. The van der Waals surface area contributed by atoms with E-state index >= 15 is 0 Å². The lowest BCUT2D eigenvalue weighted by Gasteiger charge is -2.10. The zero-order valence-corrected chi connectivity index (χ0v) is 16.5.